The minimum atomic E-state index is -0.839. The number of hydrogen-bond donors (Lipinski definition) is 2. The van der Waals surface area contributed by atoms with Crippen LogP contribution < -0.4 is 0 Å². The molecular formula is C10H10O3. The molecule has 2 rings (SSSR count). The van der Waals surface area contributed by atoms with Gasteiger partial charge in [-0.3, -0.25) is 4.79 Å². The van der Waals surface area contributed by atoms with Crippen molar-refractivity contribution < 1.29 is 15.0 Å². The Balaban J connectivity index is 2.47. The number of carboxylic acid groups (broad SMARTS) is 1. The van der Waals surface area contributed by atoms with Crippen molar-refractivity contribution in [3.8, 4) is 5.75 Å². The molecule has 2 N–H and O–H groups in total. The van der Waals surface area contributed by atoms with Crippen LogP contribution >= 0.6 is 0 Å². The lowest BCUT2D eigenvalue weighted by Gasteiger charge is -2.11. The van der Waals surface area contributed by atoms with Crippen molar-refractivity contribution in [3.63, 3.8) is 0 Å². The van der Waals surface area contributed by atoms with Crippen LogP contribution in [0.15, 0.2) is 24.3 Å². The van der Waals surface area contributed by atoms with E-state index < -0.39 is 11.4 Å². The highest BCUT2D eigenvalue weighted by Crippen LogP contribution is 2.51. The van der Waals surface area contributed by atoms with E-state index in [1.54, 1.807) is 18.2 Å². The summed E-state index contributed by atoms with van der Waals surface area (Å²) in [6.07, 6.45) is 1.25. The molecule has 0 aromatic heterocycles. The van der Waals surface area contributed by atoms with Crippen LogP contribution in [0.1, 0.15) is 18.4 Å². The number of phenolic OH excluding ortho intramolecular Hbond substituents is 1. The molecular weight excluding hydrogens is 168 g/mol. The van der Waals surface area contributed by atoms with Gasteiger partial charge in [0.15, 0.2) is 0 Å². The van der Waals surface area contributed by atoms with E-state index in [9.17, 15) is 9.90 Å². The predicted molar refractivity (Wildman–Crippen MR) is 46.7 cm³/mol. The highest BCUT2D eigenvalue weighted by atomic mass is 16.4. The number of carboxylic acids is 1. The van der Waals surface area contributed by atoms with Gasteiger partial charge in [0.05, 0.1) is 5.41 Å². The zero-order valence-electron chi connectivity index (χ0n) is 7.03. The summed E-state index contributed by atoms with van der Waals surface area (Å²) in [5.74, 6) is -0.753. The fourth-order valence-corrected chi connectivity index (χ4v) is 1.60. The minimum absolute atomic E-state index is 0.0856. The van der Waals surface area contributed by atoms with Gasteiger partial charge in [-0.25, -0.2) is 0 Å². The van der Waals surface area contributed by atoms with Gasteiger partial charge in [0, 0.05) is 5.56 Å². The molecule has 0 radical (unpaired) electrons. The Morgan fingerprint density at radius 2 is 1.92 bits per heavy atom. The molecule has 0 bridgehead atoms. The number of rotatable bonds is 2. The first-order valence-corrected chi connectivity index (χ1v) is 4.19. The molecule has 3 nitrogen and oxygen atoms in total. The Labute approximate surface area is 75.6 Å². The highest BCUT2D eigenvalue weighted by Gasteiger charge is 2.53. The van der Waals surface area contributed by atoms with E-state index in [-0.39, 0.29) is 5.75 Å². The van der Waals surface area contributed by atoms with Gasteiger partial charge in [-0.2, -0.15) is 0 Å². The van der Waals surface area contributed by atoms with Gasteiger partial charge in [-0.05, 0) is 18.9 Å². The van der Waals surface area contributed by atoms with Crippen LogP contribution in [0.4, 0.5) is 0 Å². The van der Waals surface area contributed by atoms with Crippen molar-refractivity contribution >= 4 is 5.97 Å². The van der Waals surface area contributed by atoms with Crippen LogP contribution in [0.3, 0.4) is 0 Å². The summed E-state index contributed by atoms with van der Waals surface area (Å²) in [5.41, 5.74) is -0.256. The third-order valence-corrected chi connectivity index (χ3v) is 2.58. The van der Waals surface area contributed by atoms with E-state index in [4.69, 9.17) is 5.11 Å². The fraction of sp³-hybridized carbons (Fsp3) is 0.300. The molecule has 0 heterocycles. The molecule has 3 heteroatoms. The van der Waals surface area contributed by atoms with E-state index in [0.717, 1.165) is 0 Å². The fourth-order valence-electron chi connectivity index (χ4n) is 1.60. The first-order valence-electron chi connectivity index (χ1n) is 4.19. The maximum Gasteiger partial charge on any atom is 0.314 e. The predicted octanol–water partition coefficient (Wildman–Crippen LogP) is 1.51. The molecule has 1 aromatic rings. The van der Waals surface area contributed by atoms with Crippen LogP contribution in [0.25, 0.3) is 0 Å². The summed E-state index contributed by atoms with van der Waals surface area (Å²) in [7, 11) is 0. The van der Waals surface area contributed by atoms with E-state index >= 15 is 0 Å². The SMILES string of the molecule is O=C(O)C1(c2ccccc2O)CC1. The number of hydrogen-bond acceptors (Lipinski definition) is 2. The Morgan fingerprint density at radius 3 is 2.38 bits per heavy atom. The second-order valence-corrected chi connectivity index (χ2v) is 3.40. The van der Waals surface area contributed by atoms with E-state index in [1.165, 1.54) is 6.07 Å². The zero-order valence-corrected chi connectivity index (χ0v) is 7.03. The first-order chi connectivity index (χ1) is 6.17. The van der Waals surface area contributed by atoms with Crippen LogP contribution in [0.2, 0.25) is 0 Å². The van der Waals surface area contributed by atoms with Gasteiger partial charge in [-0.15, -0.1) is 0 Å². The Morgan fingerprint density at radius 1 is 1.31 bits per heavy atom. The number of phenols is 1. The number of carbonyl (C=O) groups is 1. The molecule has 0 saturated heterocycles. The van der Waals surface area contributed by atoms with Crippen LogP contribution in [-0.2, 0) is 10.2 Å². The van der Waals surface area contributed by atoms with Gasteiger partial charge < -0.3 is 10.2 Å². The summed E-state index contributed by atoms with van der Waals surface area (Å²) in [6, 6.07) is 6.64. The van der Waals surface area contributed by atoms with Crippen LogP contribution in [0.5, 0.6) is 5.75 Å². The average Bonchev–Trinajstić information content (AvgIpc) is 2.85. The smallest absolute Gasteiger partial charge is 0.314 e. The normalized spacial score (nSPS) is 18.2. The lowest BCUT2D eigenvalue weighted by Crippen LogP contribution is -2.19. The molecule has 13 heavy (non-hydrogen) atoms. The van der Waals surface area contributed by atoms with Gasteiger partial charge >= 0.3 is 5.97 Å². The van der Waals surface area contributed by atoms with Gasteiger partial charge in [0.1, 0.15) is 5.75 Å². The van der Waals surface area contributed by atoms with Crippen LogP contribution in [-0.4, -0.2) is 16.2 Å². The summed E-state index contributed by atoms with van der Waals surface area (Å²) in [4.78, 5) is 10.9. The molecule has 0 aliphatic heterocycles. The molecule has 1 aliphatic carbocycles. The van der Waals surface area contributed by atoms with Crippen molar-refractivity contribution in [1.82, 2.24) is 0 Å². The van der Waals surface area contributed by atoms with Crippen LogP contribution in [0, 0.1) is 0 Å². The number of para-hydroxylation sites is 1. The average molecular weight is 178 g/mol. The molecule has 68 valence electrons. The quantitative estimate of drug-likeness (QED) is 0.721. The molecule has 1 saturated carbocycles. The zero-order chi connectivity index (χ0) is 9.47. The Kier molecular flexibility index (Phi) is 1.55. The van der Waals surface area contributed by atoms with Gasteiger partial charge in [0.25, 0.3) is 0 Å². The monoisotopic (exact) mass is 178 g/mol. The van der Waals surface area contributed by atoms with E-state index in [1.807, 2.05) is 0 Å². The molecule has 1 aliphatic rings. The maximum absolute atomic E-state index is 10.9. The topological polar surface area (TPSA) is 57.5 Å². The van der Waals surface area contributed by atoms with Gasteiger partial charge in [0.2, 0.25) is 0 Å². The molecule has 1 fully saturated rings. The second kappa shape index (κ2) is 2.49. The molecule has 0 atom stereocenters. The summed E-state index contributed by atoms with van der Waals surface area (Å²) in [5, 5.41) is 18.4. The third kappa shape index (κ3) is 1.08. The lowest BCUT2D eigenvalue weighted by molar-refractivity contribution is -0.140. The van der Waals surface area contributed by atoms with Crippen molar-refractivity contribution in [2.45, 2.75) is 18.3 Å². The highest BCUT2D eigenvalue weighted by molar-refractivity contribution is 5.85. The number of aliphatic carboxylic acids is 1. The first kappa shape index (κ1) is 8.10. The number of aromatic hydroxyl groups is 1. The van der Waals surface area contributed by atoms with Gasteiger partial charge in [-0.1, -0.05) is 18.2 Å². The van der Waals surface area contributed by atoms with Crippen molar-refractivity contribution in [1.29, 1.82) is 0 Å². The maximum atomic E-state index is 10.9. The molecule has 0 amide bonds. The van der Waals surface area contributed by atoms with Crippen molar-refractivity contribution in [2.24, 2.45) is 0 Å². The molecule has 0 spiro atoms. The second-order valence-electron chi connectivity index (χ2n) is 3.40. The summed E-state index contributed by atoms with van der Waals surface area (Å²) in [6.45, 7) is 0. The largest absolute Gasteiger partial charge is 0.508 e. The van der Waals surface area contributed by atoms with E-state index in [2.05, 4.69) is 0 Å². The Hall–Kier alpha value is -1.51. The van der Waals surface area contributed by atoms with Crippen molar-refractivity contribution in [3.05, 3.63) is 29.8 Å². The standard InChI is InChI=1S/C10H10O3/c11-8-4-2-1-3-7(8)10(5-6-10)9(12)13/h1-4,11H,5-6H2,(H,12,13). The molecule has 0 unspecified atom stereocenters. The van der Waals surface area contributed by atoms with Crippen molar-refractivity contribution in [2.75, 3.05) is 0 Å². The lowest BCUT2D eigenvalue weighted by atomic mass is 9.95. The minimum Gasteiger partial charge on any atom is -0.508 e. The Bertz CT molecular complexity index is 353. The van der Waals surface area contributed by atoms with E-state index in [0.29, 0.717) is 18.4 Å². The summed E-state index contributed by atoms with van der Waals surface area (Å²) >= 11 is 0. The number of benzene rings is 1. The summed E-state index contributed by atoms with van der Waals surface area (Å²) < 4.78 is 0. The molecule has 1 aromatic carbocycles. The third-order valence-electron chi connectivity index (χ3n) is 2.58.